The first kappa shape index (κ1) is 25.6. The molecule has 0 spiro atoms. The lowest BCUT2D eigenvalue weighted by Crippen LogP contribution is -2.45. The molecule has 5 atom stereocenters. The van der Waals surface area contributed by atoms with Crippen LogP contribution in [0.5, 0.6) is 0 Å². The molecule has 0 saturated heterocycles. The fourth-order valence-corrected chi connectivity index (χ4v) is 7.82. The minimum Gasteiger partial charge on any atom is -0.481 e. The smallest absolute Gasteiger partial charge is 0.312 e. The number of halogens is 2. The molecule has 0 heterocycles. The van der Waals surface area contributed by atoms with Crippen molar-refractivity contribution in [2.45, 2.75) is 42.1 Å². The predicted octanol–water partition coefficient (Wildman–Crippen LogP) is 3.71. The van der Waals surface area contributed by atoms with Crippen LogP contribution in [0.3, 0.4) is 0 Å². The van der Waals surface area contributed by atoms with E-state index in [1.807, 2.05) is 6.07 Å². The van der Waals surface area contributed by atoms with Crippen LogP contribution in [0.2, 0.25) is 5.02 Å². The number of hydrogen-bond acceptors (Lipinski definition) is 6. The number of nitrogens with zero attached hydrogens (tertiary/aromatic N) is 1. The minimum absolute atomic E-state index is 0.0225. The van der Waals surface area contributed by atoms with E-state index in [1.54, 1.807) is 30.3 Å². The van der Waals surface area contributed by atoms with Gasteiger partial charge in [0.1, 0.15) is 10.8 Å². The van der Waals surface area contributed by atoms with Gasteiger partial charge in [-0.15, -0.1) is 0 Å². The van der Waals surface area contributed by atoms with Crippen LogP contribution in [0, 0.1) is 28.1 Å². The lowest BCUT2D eigenvalue weighted by Gasteiger charge is -2.32. The van der Waals surface area contributed by atoms with Crippen LogP contribution >= 0.6 is 27.5 Å². The number of carbonyl (C=O) groups is 2. The molecule has 2 fully saturated rings. The molecular weight excluding hydrogens is 560 g/mol. The quantitative estimate of drug-likeness (QED) is 0.483. The Labute approximate surface area is 216 Å². The van der Waals surface area contributed by atoms with E-state index in [2.05, 4.69) is 15.9 Å². The molecular formula is C24H22BrClN2O6S. The molecule has 2 aliphatic carbocycles. The number of carboxylic acids is 1. The highest BCUT2D eigenvalue weighted by molar-refractivity contribution is 9.10. The molecule has 2 aromatic rings. The lowest BCUT2D eigenvalue weighted by molar-refractivity contribution is -0.161. The Hall–Kier alpha value is -2.45. The summed E-state index contributed by atoms with van der Waals surface area (Å²) in [5.41, 5.74) is 2.76. The van der Waals surface area contributed by atoms with Crippen LogP contribution in [0.1, 0.15) is 24.8 Å². The third-order valence-electron chi connectivity index (χ3n) is 7.18. The molecule has 2 aliphatic rings. The molecule has 35 heavy (non-hydrogen) atoms. The SMILES string of the molecule is N#CC1(C(N)=O)CC1[C@@]1(C(=O)O)C[C@H](S(=O)(=O)c2ccccc2Cl)C[C@@H]1OCc1ccc(Br)cc1. The molecule has 2 saturated carbocycles. The highest BCUT2D eigenvalue weighted by atomic mass is 79.9. The first-order valence-electron chi connectivity index (χ1n) is 10.8. The molecule has 1 amide bonds. The van der Waals surface area contributed by atoms with Crippen molar-refractivity contribution < 1.29 is 27.9 Å². The van der Waals surface area contributed by atoms with Crippen molar-refractivity contribution >= 4 is 49.2 Å². The number of primary amides is 1. The van der Waals surface area contributed by atoms with Crippen LogP contribution in [0.25, 0.3) is 0 Å². The van der Waals surface area contributed by atoms with Gasteiger partial charge in [-0.05, 0) is 49.1 Å². The molecule has 11 heteroatoms. The summed E-state index contributed by atoms with van der Waals surface area (Å²) >= 11 is 9.51. The van der Waals surface area contributed by atoms with E-state index in [0.29, 0.717) is 0 Å². The van der Waals surface area contributed by atoms with Crippen molar-refractivity contribution in [3.8, 4) is 6.07 Å². The number of aliphatic carboxylic acids is 1. The third kappa shape index (κ3) is 4.25. The van der Waals surface area contributed by atoms with Crippen LogP contribution in [0.4, 0.5) is 0 Å². The fourth-order valence-electron chi connectivity index (χ4n) is 5.20. The molecule has 0 aliphatic heterocycles. The van der Waals surface area contributed by atoms with E-state index in [-0.39, 0.29) is 35.8 Å². The van der Waals surface area contributed by atoms with Gasteiger partial charge in [-0.3, -0.25) is 9.59 Å². The molecule has 184 valence electrons. The van der Waals surface area contributed by atoms with Gasteiger partial charge in [-0.25, -0.2) is 8.42 Å². The number of ether oxygens (including phenoxy) is 1. The summed E-state index contributed by atoms with van der Waals surface area (Å²) in [4.78, 5) is 24.8. The highest BCUT2D eigenvalue weighted by Gasteiger charge is 2.75. The van der Waals surface area contributed by atoms with Crippen LogP contribution in [-0.2, 0) is 30.8 Å². The van der Waals surface area contributed by atoms with Gasteiger partial charge in [0.05, 0.1) is 33.9 Å². The second-order valence-corrected chi connectivity index (χ2v) is 12.5. The summed E-state index contributed by atoms with van der Waals surface area (Å²) in [7, 11) is -4.05. The van der Waals surface area contributed by atoms with Crippen LogP contribution in [0.15, 0.2) is 57.9 Å². The molecule has 8 nitrogen and oxygen atoms in total. The Morgan fingerprint density at radius 3 is 2.40 bits per heavy atom. The maximum absolute atomic E-state index is 13.5. The predicted molar refractivity (Wildman–Crippen MR) is 130 cm³/mol. The lowest BCUT2D eigenvalue weighted by atomic mass is 9.75. The number of benzene rings is 2. The number of hydrogen-bond donors (Lipinski definition) is 2. The number of amides is 1. The summed E-state index contributed by atoms with van der Waals surface area (Å²) in [5.74, 6) is -3.22. The summed E-state index contributed by atoms with van der Waals surface area (Å²) in [5, 5.41) is 19.0. The van der Waals surface area contributed by atoms with Crippen molar-refractivity contribution in [1.82, 2.24) is 0 Å². The normalized spacial score (nSPS) is 29.9. The number of rotatable bonds is 8. The Balaban J connectivity index is 1.74. The second-order valence-electron chi connectivity index (χ2n) is 9.01. The van der Waals surface area contributed by atoms with Gasteiger partial charge in [-0.1, -0.05) is 51.8 Å². The van der Waals surface area contributed by atoms with E-state index >= 15 is 0 Å². The average Bonchev–Trinajstić information content (AvgIpc) is 3.45. The summed E-state index contributed by atoms with van der Waals surface area (Å²) in [6.45, 7) is 0.0225. The zero-order chi connectivity index (χ0) is 25.6. The number of sulfone groups is 1. The van der Waals surface area contributed by atoms with E-state index < -0.39 is 49.8 Å². The van der Waals surface area contributed by atoms with Gasteiger partial charge in [-0.2, -0.15) is 5.26 Å². The third-order valence-corrected chi connectivity index (χ3v) is 10.4. The van der Waals surface area contributed by atoms with Crippen molar-refractivity contribution in [2.75, 3.05) is 0 Å². The van der Waals surface area contributed by atoms with Gasteiger partial charge < -0.3 is 15.6 Å². The van der Waals surface area contributed by atoms with Crippen molar-refractivity contribution in [2.24, 2.45) is 22.5 Å². The molecule has 2 aromatic carbocycles. The first-order chi connectivity index (χ1) is 16.5. The molecule has 3 N–H and O–H groups in total. The zero-order valence-corrected chi connectivity index (χ0v) is 21.5. The van der Waals surface area contributed by atoms with Gasteiger partial charge in [0.15, 0.2) is 9.84 Å². The maximum Gasteiger partial charge on any atom is 0.312 e. The molecule has 2 unspecified atom stereocenters. The molecule has 4 rings (SSSR count). The monoisotopic (exact) mass is 580 g/mol. The summed E-state index contributed by atoms with van der Waals surface area (Å²) in [6, 6.07) is 15.0. The average molecular weight is 582 g/mol. The van der Waals surface area contributed by atoms with Gasteiger partial charge >= 0.3 is 5.97 Å². The topological polar surface area (TPSA) is 148 Å². The van der Waals surface area contributed by atoms with Gasteiger partial charge in [0.2, 0.25) is 5.91 Å². The molecule has 0 radical (unpaired) electrons. The Kier molecular flexibility index (Phi) is 6.74. The highest BCUT2D eigenvalue weighted by Crippen LogP contribution is 2.66. The number of carbonyl (C=O) groups excluding carboxylic acids is 1. The standard InChI is InChI=1S/C24H22BrClN2O6S/c25-15-7-5-14(6-8-15)12-34-20-9-16(35(32,33)18-4-2-1-3-17(18)26)10-24(20,22(30)31)19-11-23(19,13-27)21(28)29/h1-8,16,19-20H,9-12H2,(H2,28,29)(H,30,31)/t16-,19?,20+,23?,24+/m1/s1. The van der Waals surface area contributed by atoms with E-state index in [4.69, 9.17) is 22.1 Å². The second kappa shape index (κ2) is 9.21. The fraction of sp³-hybridized carbons (Fsp3) is 0.375. The van der Waals surface area contributed by atoms with Crippen molar-refractivity contribution in [3.05, 3.63) is 63.6 Å². The summed E-state index contributed by atoms with van der Waals surface area (Å²) < 4.78 is 34.0. The van der Waals surface area contributed by atoms with Crippen molar-refractivity contribution in [3.63, 3.8) is 0 Å². The number of carboxylic acid groups (broad SMARTS) is 1. The Morgan fingerprint density at radius 2 is 1.86 bits per heavy atom. The van der Waals surface area contributed by atoms with E-state index in [9.17, 15) is 28.4 Å². The zero-order valence-electron chi connectivity index (χ0n) is 18.4. The molecule has 0 bridgehead atoms. The van der Waals surface area contributed by atoms with Crippen LogP contribution < -0.4 is 5.73 Å². The number of nitrogens with two attached hydrogens (primary N) is 1. The van der Waals surface area contributed by atoms with Gasteiger partial charge in [0.25, 0.3) is 0 Å². The molecule has 0 aromatic heterocycles. The Morgan fingerprint density at radius 1 is 1.20 bits per heavy atom. The number of nitriles is 1. The van der Waals surface area contributed by atoms with Crippen LogP contribution in [-0.4, -0.2) is 36.8 Å². The first-order valence-corrected chi connectivity index (χ1v) is 13.5. The summed E-state index contributed by atoms with van der Waals surface area (Å²) in [6.07, 6.45) is -1.61. The largest absolute Gasteiger partial charge is 0.481 e. The Bertz CT molecular complexity index is 1330. The van der Waals surface area contributed by atoms with E-state index in [0.717, 1.165) is 10.0 Å². The van der Waals surface area contributed by atoms with Crippen molar-refractivity contribution in [1.29, 1.82) is 5.26 Å². The van der Waals surface area contributed by atoms with Gasteiger partial charge in [0, 0.05) is 10.4 Å². The van der Waals surface area contributed by atoms with E-state index in [1.165, 1.54) is 18.2 Å². The minimum atomic E-state index is -4.05. The maximum atomic E-state index is 13.5.